The minimum atomic E-state index is -0.0812. The molecule has 0 spiro atoms. The Bertz CT molecular complexity index is 690. The lowest BCUT2D eigenvalue weighted by Gasteiger charge is -2.25. The topological polar surface area (TPSA) is 41.1 Å². The van der Waals surface area contributed by atoms with Crippen LogP contribution in [0.25, 0.3) is 0 Å². The van der Waals surface area contributed by atoms with E-state index < -0.39 is 0 Å². The largest absolute Gasteiger partial charge is 0.384 e. The van der Waals surface area contributed by atoms with Crippen molar-refractivity contribution in [2.75, 3.05) is 17.2 Å². The van der Waals surface area contributed by atoms with E-state index >= 15 is 0 Å². The van der Waals surface area contributed by atoms with E-state index in [0.717, 1.165) is 16.6 Å². The van der Waals surface area contributed by atoms with Crippen LogP contribution in [0, 0.1) is 5.92 Å². The SMILES string of the molecule is O=C(Nc1ccc(Br)c(Cl)c1)C1CNc2ccccc2C1. The highest BCUT2D eigenvalue weighted by Gasteiger charge is 2.24. The molecular formula is C16H14BrClN2O. The van der Waals surface area contributed by atoms with Gasteiger partial charge in [0.05, 0.1) is 10.9 Å². The van der Waals surface area contributed by atoms with Crippen molar-refractivity contribution >= 4 is 44.8 Å². The fourth-order valence-electron chi connectivity index (χ4n) is 2.45. The molecule has 2 aromatic rings. The third-order valence-corrected chi connectivity index (χ3v) is 4.81. The molecule has 3 nitrogen and oxygen atoms in total. The lowest BCUT2D eigenvalue weighted by molar-refractivity contribution is -0.119. The molecule has 1 atom stereocenters. The van der Waals surface area contributed by atoms with Crippen LogP contribution in [-0.2, 0) is 11.2 Å². The van der Waals surface area contributed by atoms with Gasteiger partial charge >= 0.3 is 0 Å². The number of hydrogen-bond acceptors (Lipinski definition) is 2. The molecule has 0 bridgehead atoms. The molecule has 108 valence electrons. The van der Waals surface area contributed by atoms with Gasteiger partial charge in [-0.3, -0.25) is 4.79 Å². The fourth-order valence-corrected chi connectivity index (χ4v) is 2.87. The fraction of sp³-hybridized carbons (Fsp3) is 0.188. The minimum absolute atomic E-state index is 0.00962. The number of amides is 1. The van der Waals surface area contributed by atoms with Crippen LogP contribution in [0.3, 0.4) is 0 Å². The molecule has 1 heterocycles. The minimum Gasteiger partial charge on any atom is -0.384 e. The van der Waals surface area contributed by atoms with E-state index in [-0.39, 0.29) is 11.8 Å². The van der Waals surface area contributed by atoms with Crippen LogP contribution in [0.1, 0.15) is 5.56 Å². The molecule has 1 amide bonds. The van der Waals surface area contributed by atoms with Gasteiger partial charge in [-0.05, 0) is 52.2 Å². The first-order valence-electron chi connectivity index (χ1n) is 6.71. The van der Waals surface area contributed by atoms with Crippen LogP contribution >= 0.6 is 27.5 Å². The van der Waals surface area contributed by atoms with Gasteiger partial charge in [-0.25, -0.2) is 0 Å². The second-order valence-corrected chi connectivity index (χ2v) is 6.32. The molecule has 3 rings (SSSR count). The van der Waals surface area contributed by atoms with Crippen LogP contribution < -0.4 is 10.6 Å². The van der Waals surface area contributed by atoms with E-state index in [9.17, 15) is 4.79 Å². The number of carbonyl (C=O) groups is 1. The van der Waals surface area contributed by atoms with Crippen molar-refractivity contribution in [2.45, 2.75) is 6.42 Å². The summed E-state index contributed by atoms with van der Waals surface area (Å²) in [5, 5.41) is 6.82. The molecule has 0 fully saturated rings. The highest BCUT2D eigenvalue weighted by Crippen LogP contribution is 2.27. The highest BCUT2D eigenvalue weighted by atomic mass is 79.9. The number of halogens is 2. The standard InChI is InChI=1S/C16H14BrClN2O/c17-13-6-5-12(8-14(13)18)20-16(21)11-7-10-3-1-2-4-15(10)19-9-11/h1-6,8,11,19H,7,9H2,(H,20,21). The monoisotopic (exact) mass is 364 g/mol. The number of anilines is 2. The number of rotatable bonds is 2. The van der Waals surface area contributed by atoms with Gasteiger partial charge in [0.15, 0.2) is 0 Å². The Balaban J connectivity index is 1.70. The van der Waals surface area contributed by atoms with Crippen LogP contribution in [0.4, 0.5) is 11.4 Å². The molecule has 2 aromatic carbocycles. The lowest BCUT2D eigenvalue weighted by atomic mass is 9.93. The van der Waals surface area contributed by atoms with E-state index in [4.69, 9.17) is 11.6 Å². The van der Waals surface area contributed by atoms with Crippen molar-refractivity contribution in [1.82, 2.24) is 0 Å². The first kappa shape index (κ1) is 14.4. The summed E-state index contributed by atoms with van der Waals surface area (Å²) in [6.07, 6.45) is 0.749. The number of carbonyl (C=O) groups excluding carboxylic acids is 1. The second kappa shape index (κ2) is 6.08. The molecule has 1 aliphatic heterocycles. The van der Waals surface area contributed by atoms with Crippen LogP contribution in [0.2, 0.25) is 5.02 Å². The molecule has 0 aromatic heterocycles. The molecule has 21 heavy (non-hydrogen) atoms. The van der Waals surface area contributed by atoms with Crippen molar-refractivity contribution in [1.29, 1.82) is 0 Å². The van der Waals surface area contributed by atoms with Crippen molar-refractivity contribution in [3.63, 3.8) is 0 Å². The Morgan fingerprint density at radius 2 is 2.10 bits per heavy atom. The van der Waals surface area contributed by atoms with Crippen LogP contribution in [-0.4, -0.2) is 12.5 Å². The normalized spacial score (nSPS) is 16.8. The Kier molecular flexibility index (Phi) is 4.17. The molecule has 1 unspecified atom stereocenters. The Hall–Kier alpha value is -1.52. The Morgan fingerprint density at radius 3 is 2.90 bits per heavy atom. The molecule has 0 aliphatic carbocycles. The molecular weight excluding hydrogens is 352 g/mol. The highest BCUT2D eigenvalue weighted by molar-refractivity contribution is 9.10. The van der Waals surface area contributed by atoms with E-state index in [1.807, 2.05) is 30.3 Å². The molecule has 0 saturated heterocycles. The number of fused-ring (bicyclic) bond motifs is 1. The molecule has 0 radical (unpaired) electrons. The maximum Gasteiger partial charge on any atom is 0.229 e. The first-order valence-corrected chi connectivity index (χ1v) is 7.88. The van der Waals surface area contributed by atoms with Gasteiger partial charge in [0.25, 0.3) is 0 Å². The molecule has 5 heteroatoms. The number of para-hydroxylation sites is 1. The zero-order chi connectivity index (χ0) is 14.8. The van der Waals surface area contributed by atoms with Gasteiger partial charge in [-0.2, -0.15) is 0 Å². The summed E-state index contributed by atoms with van der Waals surface area (Å²) in [6, 6.07) is 13.5. The van der Waals surface area contributed by atoms with Crippen molar-refractivity contribution in [3.8, 4) is 0 Å². The van der Waals surface area contributed by atoms with Gasteiger partial charge in [0.1, 0.15) is 0 Å². The number of hydrogen-bond donors (Lipinski definition) is 2. The maximum absolute atomic E-state index is 12.4. The smallest absolute Gasteiger partial charge is 0.229 e. The molecule has 1 aliphatic rings. The summed E-state index contributed by atoms with van der Waals surface area (Å²) in [6.45, 7) is 0.646. The van der Waals surface area contributed by atoms with Gasteiger partial charge in [-0.15, -0.1) is 0 Å². The van der Waals surface area contributed by atoms with Crippen LogP contribution in [0.5, 0.6) is 0 Å². The van der Waals surface area contributed by atoms with E-state index in [1.54, 1.807) is 6.07 Å². The summed E-state index contributed by atoms with van der Waals surface area (Å²) in [5.41, 5.74) is 3.01. The first-order chi connectivity index (χ1) is 10.1. The van der Waals surface area contributed by atoms with E-state index in [2.05, 4.69) is 32.6 Å². The average Bonchev–Trinajstić information content (AvgIpc) is 2.50. The van der Waals surface area contributed by atoms with Crippen molar-refractivity contribution in [3.05, 3.63) is 57.5 Å². The van der Waals surface area contributed by atoms with E-state index in [0.29, 0.717) is 17.3 Å². The molecule has 2 N–H and O–H groups in total. The van der Waals surface area contributed by atoms with Gasteiger partial charge in [-0.1, -0.05) is 29.8 Å². The zero-order valence-corrected chi connectivity index (χ0v) is 13.5. The van der Waals surface area contributed by atoms with Gasteiger partial charge < -0.3 is 10.6 Å². The number of benzene rings is 2. The van der Waals surface area contributed by atoms with Gasteiger partial charge in [0, 0.05) is 22.4 Å². The Labute approximate surface area is 136 Å². The van der Waals surface area contributed by atoms with Crippen LogP contribution in [0.15, 0.2) is 46.9 Å². The number of nitrogens with one attached hydrogen (secondary N) is 2. The predicted octanol–water partition coefficient (Wildman–Crippen LogP) is 4.33. The molecule has 0 saturated carbocycles. The third kappa shape index (κ3) is 3.22. The van der Waals surface area contributed by atoms with Gasteiger partial charge in [0.2, 0.25) is 5.91 Å². The summed E-state index contributed by atoms with van der Waals surface area (Å²) >= 11 is 9.38. The second-order valence-electron chi connectivity index (χ2n) is 5.06. The Morgan fingerprint density at radius 1 is 1.29 bits per heavy atom. The third-order valence-electron chi connectivity index (χ3n) is 3.58. The van der Waals surface area contributed by atoms with E-state index in [1.165, 1.54) is 5.56 Å². The zero-order valence-electron chi connectivity index (χ0n) is 11.2. The summed E-state index contributed by atoms with van der Waals surface area (Å²) in [7, 11) is 0. The van der Waals surface area contributed by atoms with Crippen molar-refractivity contribution < 1.29 is 4.79 Å². The predicted molar refractivity (Wildman–Crippen MR) is 89.9 cm³/mol. The van der Waals surface area contributed by atoms with Crippen molar-refractivity contribution in [2.24, 2.45) is 5.92 Å². The maximum atomic E-state index is 12.4. The quantitative estimate of drug-likeness (QED) is 0.832. The summed E-state index contributed by atoms with van der Waals surface area (Å²) < 4.78 is 0.815. The summed E-state index contributed by atoms with van der Waals surface area (Å²) in [5.74, 6) is -0.0716. The summed E-state index contributed by atoms with van der Waals surface area (Å²) in [4.78, 5) is 12.4. The average molecular weight is 366 g/mol. The lowest BCUT2D eigenvalue weighted by Crippen LogP contribution is -2.33.